The quantitative estimate of drug-likeness (QED) is 0.158. The molecule has 0 aliphatic heterocycles. The van der Waals surface area contributed by atoms with Crippen molar-refractivity contribution in [1.29, 1.82) is 0 Å². The van der Waals surface area contributed by atoms with Gasteiger partial charge in [0.15, 0.2) is 0 Å². The molecule has 1 rings (SSSR count). The van der Waals surface area contributed by atoms with Crippen molar-refractivity contribution >= 4 is 26.8 Å². The molecular weight excluding hydrogens is 449 g/mol. The van der Waals surface area contributed by atoms with Crippen molar-refractivity contribution < 1.29 is 32.9 Å². The smallest absolute Gasteiger partial charge is 0.320 e. The van der Waals surface area contributed by atoms with E-state index in [9.17, 15) is 14.4 Å². The third-order valence-corrected chi connectivity index (χ3v) is 5.50. The minimum atomic E-state index is -1.64. The van der Waals surface area contributed by atoms with E-state index in [-0.39, 0.29) is 31.4 Å². The number of hydrogen-bond acceptors (Lipinski definition) is 9. The first kappa shape index (κ1) is 28.5. The van der Waals surface area contributed by atoms with Crippen LogP contribution in [0.25, 0.3) is 0 Å². The van der Waals surface area contributed by atoms with Crippen molar-refractivity contribution in [3.8, 4) is 5.75 Å². The number of imide groups is 1. The normalized spacial score (nSPS) is 13.9. The van der Waals surface area contributed by atoms with Crippen LogP contribution in [0.5, 0.6) is 5.75 Å². The zero-order valence-electron chi connectivity index (χ0n) is 19.7. The molecule has 0 saturated carbocycles. The lowest BCUT2D eigenvalue weighted by molar-refractivity contribution is -0.145. The van der Waals surface area contributed by atoms with Gasteiger partial charge in [-0.05, 0) is 39.3 Å². The van der Waals surface area contributed by atoms with E-state index in [2.05, 4.69) is 5.09 Å². The van der Waals surface area contributed by atoms with E-state index >= 15 is 0 Å². The molecule has 2 amide bonds. The minimum Gasteiger partial charge on any atom is -0.462 e. The number of carbonyl (C=O) groups is 3. The predicted molar refractivity (Wildman–Crippen MR) is 125 cm³/mol. The van der Waals surface area contributed by atoms with Crippen LogP contribution in [0.4, 0.5) is 0 Å². The zero-order valence-corrected chi connectivity index (χ0v) is 20.6. The van der Waals surface area contributed by atoms with E-state index in [1.165, 1.54) is 6.08 Å². The number of carbonyl (C=O) groups excluding carboxylic acids is 3. The summed E-state index contributed by atoms with van der Waals surface area (Å²) in [6.45, 7) is 5.69. The molecule has 0 aromatic heterocycles. The van der Waals surface area contributed by atoms with E-state index in [0.717, 1.165) is 0 Å². The maximum absolute atomic E-state index is 11.9. The second-order valence-corrected chi connectivity index (χ2v) is 8.65. The molecule has 11 heteroatoms. The topological polar surface area (TPSA) is 115 Å². The van der Waals surface area contributed by atoms with Gasteiger partial charge in [0.2, 0.25) is 6.41 Å². The number of nitrogens with one attached hydrogen (secondary N) is 2. The van der Waals surface area contributed by atoms with Crippen molar-refractivity contribution in [2.24, 2.45) is 0 Å². The molecule has 0 fully saturated rings. The first-order chi connectivity index (χ1) is 15.7. The number of methoxy groups -OCH3 is 1. The first-order valence-corrected chi connectivity index (χ1v) is 11.7. The Morgan fingerprint density at radius 1 is 1.18 bits per heavy atom. The number of hydrogen-bond donors (Lipinski definition) is 2. The van der Waals surface area contributed by atoms with E-state index in [4.69, 9.17) is 18.5 Å². The monoisotopic (exact) mass is 483 g/mol. The summed E-state index contributed by atoms with van der Waals surface area (Å²) in [5, 5.41) is 5.01. The molecular formula is C22H34N3O7P. The Labute approximate surface area is 196 Å². The van der Waals surface area contributed by atoms with Crippen LogP contribution >= 0.6 is 8.53 Å². The zero-order chi connectivity index (χ0) is 24.6. The van der Waals surface area contributed by atoms with Crippen molar-refractivity contribution in [2.45, 2.75) is 45.4 Å². The van der Waals surface area contributed by atoms with Gasteiger partial charge in [-0.1, -0.05) is 18.2 Å². The fourth-order valence-corrected chi connectivity index (χ4v) is 3.56. The molecule has 33 heavy (non-hydrogen) atoms. The number of nitrogens with zero attached hydrogens (tertiary/aromatic N) is 1. The molecule has 184 valence electrons. The summed E-state index contributed by atoms with van der Waals surface area (Å²) in [6, 6.07) is 9.16. The van der Waals surface area contributed by atoms with Gasteiger partial charge >= 0.3 is 14.5 Å². The van der Waals surface area contributed by atoms with Crippen molar-refractivity contribution in [2.75, 3.05) is 27.3 Å². The summed E-state index contributed by atoms with van der Waals surface area (Å²) in [5.41, 5.74) is 0. The molecule has 0 heterocycles. The van der Waals surface area contributed by atoms with E-state index in [0.29, 0.717) is 18.6 Å². The number of rotatable bonds is 16. The summed E-state index contributed by atoms with van der Waals surface area (Å²) in [5.74, 6) is -0.294. The Bertz CT molecular complexity index is 749. The third kappa shape index (κ3) is 12.9. The molecule has 0 spiro atoms. The largest absolute Gasteiger partial charge is 0.462 e. The van der Waals surface area contributed by atoms with Gasteiger partial charge < -0.3 is 23.4 Å². The summed E-state index contributed by atoms with van der Waals surface area (Å²) in [6.07, 6.45) is 3.31. The number of ether oxygens (including phenoxy) is 2. The van der Waals surface area contributed by atoms with Crippen LogP contribution in [0.3, 0.4) is 0 Å². The van der Waals surface area contributed by atoms with Gasteiger partial charge in [-0.3, -0.25) is 19.7 Å². The molecule has 0 radical (unpaired) electrons. The average molecular weight is 484 g/mol. The summed E-state index contributed by atoms with van der Waals surface area (Å²) < 4.78 is 22.5. The lowest BCUT2D eigenvalue weighted by Crippen LogP contribution is -2.32. The average Bonchev–Trinajstić information content (AvgIpc) is 2.78. The van der Waals surface area contributed by atoms with Crippen LogP contribution in [0, 0.1) is 0 Å². The first-order valence-electron chi connectivity index (χ1n) is 10.5. The van der Waals surface area contributed by atoms with Gasteiger partial charge in [-0.2, -0.15) is 0 Å². The molecule has 3 atom stereocenters. The highest BCUT2D eigenvalue weighted by atomic mass is 31.2. The lowest BCUT2D eigenvalue weighted by Gasteiger charge is -2.27. The molecule has 0 aliphatic rings. The molecule has 0 aliphatic carbocycles. The Kier molecular flexibility index (Phi) is 14.0. The molecule has 10 nitrogen and oxygen atoms in total. The maximum Gasteiger partial charge on any atom is 0.320 e. The Morgan fingerprint density at radius 2 is 1.88 bits per heavy atom. The fraction of sp³-hybridized carbons (Fsp3) is 0.500. The SMILES string of the molecule is COC(COP(NCC(=O)OC(C)C)Oc1ccccc1)CC(C)N(C)/C=C\C(=O)NC=O. The highest BCUT2D eigenvalue weighted by Crippen LogP contribution is 2.35. The lowest BCUT2D eigenvalue weighted by atomic mass is 10.1. The Balaban J connectivity index is 2.65. The van der Waals surface area contributed by atoms with Crippen LogP contribution in [0.1, 0.15) is 27.2 Å². The summed E-state index contributed by atoms with van der Waals surface area (Å²) >= 11 is 0. The number of para-hydroxylation sites is 1. The number of benzene rings is 1. The van der Waals surface area contributed by atoms with Crippen LogP contribution in [0.15, 0.2) is 42.6 Å². The van der Waals surface area contributed by atoms with E-state index in [1.807, 2.05) is 42.4 Å². The molecule has 0 bridgehead atoms. The molecule has 1 aromatic carbocycles. The Hall–Kier alpha value is -2.52. The van der Waals surface area contributed by atoms with Crippen molar-refractivity contribution in [3.63, 3.8) is 0 Å². The van der Waals surface area contributed by atoms with Gasteiger partial charge in [0, 0.05) is 32.5 Å². The van der Waals surface area contributed by atoms with Crippen molar-refractivity contribution in [3.05, 3.63) is 42.6 Å². The summed E-state index contributed by atoms with van der Waals surface area (Å²) in [4.78, 5) is 35.4. The highest BCUT2D eigenvalue weighted by molar-refractivity contribution is 7.45. The van der Waals surface area contributed by atoms with Crippen LogP contribution in [0.2, 0.25) is 0 Å². The van der Waals surface area contributed by atoms with Gasteiger partial charge in [0.1, 0.15) is 12.3 Å². The molecule has 2 N–H and O–H groups in total. The predicted octanol–water partition coefficient (Wildman–Crippen LogP) is 2.36. The van der Waals surface area contributed by atoms with E-state index in [1.54, 1.807) is 39.3 Å². The fourth-order valence-electron chi connectivity index (χ4n) is 2.48. The second-order valence-electron chi connectivity index (χ2n) is 7.38. The van der Waals surface area contributed by atoms with Crippen LogP contribution in [-0.2, 0) is 28.4 Å². The maximum atomic E-state index is 11.9. The second kappa shape index (κ2) is 16.1. The summed E-state index contributed by atoms with van der Waals surface area (Å²) in [7, 11) is 1.76. The number of esters is 1. The minimum absolute atomic E-state index is 0.00841. The molecule has 0 saturated heterocycles. The van der Waals surface area contributed by atoms with Crippen LogP contribution in [-0.4, -0.2) is 68.7 Å². The standard InChI is InChI=1S/C22H34N3O7P/c1-17(2)31-22(28)14-24-33(32-19-9-7-6-8-10-19)30-15-20(29-5)13-18(3)25(4)12-11-21(27)23-16-26/h6-12,16-18,20,24H,13-15H2,1-5H3,(H,23,26,27)/b12-11-. The molecule has 3 unspecified atom stereocenters. The van der Waals surface area contributed by atoms with Gasteiger partial charge in [0.25, 0.3) is 5.91 Å². The van der Waals surface area contributed by atoms with Crippen LogP contribution < -0.4 is 14.9 Å². The number of amides is 2. The Morgan fingerprint density at radius 3 is 2.48 bits per heavy atom. The van der Waals surface area contributed by atoms with Gasteiger partial charge in [0.05, 0.1) is 18.8 Å². The van der Waals surface area contributed by atoms with Gasteiger partial charge in [-0.25, -0.2) is 5.09 Å². The van der Waals surface area contributed by atoms with E-state index < -0.39 is 20.4 Å². The van der Waals surface area contributed by atoms with Crippen molar-refractivity contribution in [1.82, 2.24) is 15.3 Å². The van der Waals surface area contributed by atoms with Gasteiger partial charge in [-0.15, -0.1) is 0 Å². The molecule has 1 aromatic rings. The third-order valence-electron chi connectivity index (χ3n) is 4.32. The highest BCUT2D eigenvalue weighted by Gasteiger charge is 2.21.